The van der Waals surface area contributed by atoms with Gasteiger partial charge in [0.25, 0.3) is 5.91 Å². The lowest BCUT2D eigenvalue weighted by Gasteiger charge is -2.04. The molecule has 0 atom stereocenters. The van der Waals surface area contributed by atoms with E-state index in [0.29, 0.717) is 10.9 Å². The lowest BCUT2D eigenvalue weighted by Crippen LogP contribution is -2.13. The molecule has 0 unspecified atom stereocenters. The average molecular weight is 267 g/mol. The van der Waals surface area contributed by atoms with Crippen LogP contribution in [-0.2, 0) is 0 Å². The number of nitrogens with zero attached hydrogens (tertiary/aromatic N) is 2. The second-order valence-corrected chi connectivity index (χ2v) is 4.61. The van der Waals surface area contributed by atoms with E-state index in [0.717, 1.165) is 11.1 Å². The molecule has 1 heterocycles. The number of carbonyl (C=O) groups excluding carboxylic acids is 1. The van der Waals surface area contributed by atoms with E-state index in [-0.39, 0.29) is 5.56 Å². The maximum absolute atomic E-state index is 13.6. The maximum atomic E-state index is 13.6. The number of ether oxygens (including phenoxy) is 1. The molecule has 1 aromatic carbocycles. The van der Waals surface area contributed by atoms with Crippen molar-refractivity contribution >= 4 is 22.4 Å². The SMILES string of the molecule is COc1ccc(C(=O)Nc2nnc(C)s2)c(F)c1. The summed E-state index contributed by atoms with van der Waals surface area (Å²) in [6, 6.07) is 4.03. The number of aromatic nitrogens is 2. The first kappa shape index (κ1) is 12.4. The summed E-state index contributed by atoms with van der Waals surface area (Å²) in [7, 11) is 1.43. The summed E-state index contributed by atoms with van der Waals surface area (Å²) in [5.41, 5.74) is -0.0661. The Hall–Kier alpha value is -2.02. The molecule has 0 radical (unpaired) electrons. The highest BCUT2D eigenvalue weighted by Gasteiger charge is 2.14. The zero-order valence-corrected chi connectivity index (χ0v) is 10.5. The van der Waals surface area contributed by atoms with Gasteiger partial charge in [-0.2, -0.15) is 0 Å². The fourth-order valence-electron chi connectivity index (χ4n) is 1.32. The Morgan fingerprint density at radius 1 is 1.44 bits per heavy atom. The summed E-state index contributed by atoms with van der Waals surface area (Å²) in [6.45, 7) is 1.77. The summed E-state index contributed by atoms with van der Waals surface area (Å²) in [4.78, 5) is 11.8. The minimum atomic E-state index is -0.645. The lowest BCUT2D eigenvalue weighted by atomic mass is 10.2. The standard InChI is InChI=1S/C11H10FN3O2S/c1-6-14-15-11(18-6)13-10(16)8-4-3-7(17-2)5-9(8)12/h3-5H,1-2H3,(H,13,15,16). The molecule has 2 aromatic rings. The van der Waals surface area contributed by atoms with Gasteiger partial charge in [0.2, 0.25) is 5.13 Å². The fourth-order valence-corrected chi connectivity index (χ4v) is 1.91. The predicted molar refractivity (Wildman–Crippen MR) is 65.6 cm³/mol. The number of halogens is 1. The molecule has 0 aliphatic carbocycles. The topological polar surface area (TPSA) is 64.1 Å². The minimum absolute atomic E-state index is 0.0661. The highest BCUT2D eigenvalue weighted by molar-refractivity contribution is 7.15. The van der Waals surface area contributed by atoms with E-state index in [1.165, 1.54) is 30.6 Å². The summed E-state index contributed by atoms with van der Waals surface area (Å²) in [6.07, 6.45) is 0. The second-order valence-electron chi connectivity index (χ2n) is 3.43. The van der Waals surface area contributed by atoms with Crippen molar-refractivity contribution in [3.05, 3.63) is 34.6 Å². The highest BCUT2D eigenvalue weighted by Crippen LogP contribution is 2.19. The van der Waals surface area contributed by atoms with Crippen molar-refractivity contribution in [3.63, 3.8) is 0 Å². The molecular formula is C11H10FN3O2S. The molecule has 1 N–H and O–H groups in total. The third kappa shape index (κ3) is 2.62. The van der Waals surface area contributed by atoms with Gasteiger partial charge in [-0.25, -0.2) is 4.39 Å². The Balaban J connectivity index is 2.18. The molecule has 2 rings (SSSR count). The fraction of sp³-hybridized carbons (Fsp3) is 0.182. The van der Waals surface area contributed by atoms with Crippen molar-refractivity contribution in [3.8, 4) is 5.75 Å². The number of methoxy groups -OCH3 is 1. The summed E-state index contributed by atoms with van der Waals surface area (Å²) < 4.78 is 18.5. The van der Waals surface area contributed by atoms with Gasteiger partial charge in [0, 0.05) is 6.07 Å². The van der Waals surface area contributed by atoms with Crippen LogP contribution in [0.25, 0.3) is 0 Å². The predicted octanol–water partition coefficient (Wildman–Crippen LogP) is 2.25. The van der Waals surface area contributed by atoms with Gasteiger partial charge in [0.05, 0.1) is 12.7 Å². The number of anilines is 1. The van der Waals surface area contributed by atoms with Crippen molar-refractivity contribution < 1.29 is 13.9 Å². The zero-order valence-electron chi connectivity index (χ0n) is 9.73. The molecule has 0 saturated heterocycles. The first-order valence-electron chi connectivity index (χ1n) is 5.05. The number of carbonyl (C=O) groups is 1. The Morgan fingerprint density at radius 3 is 2.78 bits per heavy atom. The zero-order chi connectivity index (χ0) is 13.1. The van der Waals surface area contributed by atoms with E-state index in [1.807, 2.05) is 0 Å². The summed E-state index contributed by atoms with van der Waals surface area (Å²) in [5.74, 6) is -0.852. The molecule has 0 spiro atoms. The van der Waals surface area contributed by atoms with Gasteiger partial charge < -0.3 is 4.74 Å². The number of aryl methyl sites for hydroxylation is 1. The first-order valence-corrected chi connectivity index (χ1v) is 5.87. The van der Waals surface area contributed by atoms with Crippen LogP contribution in [0.15, 0.2) is 18.2 Å². The molecule has 1 aromatic heterocycles. The number of amides is 1. The molecule has 5 nitrogen and oxygen atoms in total. The van der Waals surface area contributed by atoms with Crippen molar-refractivity contribution in [2.24, 2.45) is 0 Å². The summed E-state index contributed by atoms with van der Waals surface area (Å²) in [5, 5.41) is 11.0. The van der Waals surface area contributed by atoms with E-state index < -0.39 is 11.7 Å². The Labute approximate surface area is 107 Å². The van der Waals surface area contributed by atoms with Gasteiger partial charge in [-0.1, -0.05) is 11.3 Å². The van der Waals surface area contributed by atoms with Crippen molar-refractivity contribution in [1.82, 2.24) is 10.2 Å². The van der Waals surface area contributed by atoms with Crippen LogP contribution in [0.3, 0.4) is 0 Å². The van der Waals surface area contributed by atoms with Crippen LogP contribution in [0.5, 0.6) is 5.75 Å². The molecular weight excluding hydrogens is 257 g/mol. The van der Waals surface area contributed by atoms with Crippen molar-refractivity contribution in [2.45, 2.75) is 6.92 Å². The Bertz CT molecular complexity index is 585. The monoisotopic (exact) mass is 267 g/mol. The third-order valence-electron chi connectivity index (χ3n) is 2.17. The van der Waals surface area contributed by atoms with Crippen LogP contribution >= 0.6 is 11.3 Å². The smallest absolute Gasteiger partial charge is 0.260 e. The van der Waals surface area contributed by atoms with Crippen LogP contribution in [0.1, 0.15) is 15.4 Å². The highest BCUT2D eigenvalue weighted by atomic mass is 32.1. The van der Waals surface area contributed by atoms with Gasteiger partial charge in [-0.05, 0) is 19.1 Å². The molecule has 7 heteroatoms. The normalized spacial score (nSPS) is 10.2. The second kappa shape index (κ2) is 5.09. The Kier molecular flexibility index (Phi) is 3.52. The Morgan fingerprint density at radius 2 is 2.22 bits per heavy atom. The van der Waals surface area contributed by atoms with Crippen molar-refractivity contribution in [2.75, 3.05) is 12.4 Å². The molecule has 94 valence electrons. The van der Waals surface area contributed by atoms with Gasteiger partial charge in [0.1, 0.15) is 16.6 Å². The molecule has 0 aliphatic rings. The first-order chi connectivity index (χ1) is 8.60. The molecule has 0 bridgehead atoms. The van der Waals surface area contributed by atoms with Gasteiger partial charge in [-0.3, -0.25) is 10.1 Å². The average Bonchev–Trinajstić information content (AvgIpc) is 2.74. The molecule has 0 fully saturated rings. The number of hydrogen-bond donors (Lipinski definition) is 1. The quantitative estimate of drug-likeness (QED) is 0.926. The van der Waals surface area contributed by atoms with Crippen molar-refractivity contribution in [1.29, 1.82) is 0 Å². The minimum Gasteiger partial charge on any atom is -0.497 e. The van der Waals surface area contributed by atoms with Crippen LogP contribution in [0.2, 0.25) is 0 Å². The van der Waals surface area contributed by atoms with E-state index >= 15 is 0 Å². The summed E-state index contributed by atoms with van der Waals surface area (Å²) >= 11 is 1.22. The molecule has 1 amide bonds. The van der Waals surface area contributed by atoms with Gasteiger partial charge in [-0.15, -0.1) is 10.2 Å². The number of benzene rings is 1. The van der Waals surface area contributed by atoms with Crippen LogP contribution < -0.4 is 10.1 Å². The van der Waals surface area contributed by atoms with Crippen LogP contribution in [0.4, 0.5) is 9.52 Å². The van der Waals surface area contributed by atoms with E-state index in [2.05, 4.69) is 15.5 Å². The van der Waals surface area contributed by atoms with Gasteiger partial charge in [0.15, 0.2) is 0 Å². The number of rotatable bonds is 3. The van der Waals surface area contributed by atoms with Crippen LogP contribution in [0, 0.1) is 12.7 Å². The molecule has 18 heavy (non-hydrogen) atoms. The van der Waals surface area contributed by atoms with Gasteiger partial charge >= 0.3 is 0 Å². The van der Waals surface area contributed by atoms with E-state index in [4.69, 9.17) is 4.74 Å². The number of hydrogen-bond acceptors (Lipinski definition) is 5. The molecule has 0 saturated carbocycles. The van der Waals surface area contributed by atoms with E-state index in [9.17, 15) is 9.18 Å². The van der Waals surface area contributed by atoms with Crippen LogP contribution in [-0.4, -0.2) is 23.2 Å². The number of nitrogens with one attached hydrogen (secondary N) is 1. The molecule has 0 aliphatic heterocycles. The van der Waals surface area contributed by atoms with E-state index in [1.54, 1.807) is 6.92 Å². The largest absolute Gasteiger partial charge is 0.497 e. The lowest BCUT2D eigenvalue weighted by molar-refractivity contribution is 0.102. The maximum Gasteiger partial charge on any atom is 0.260 e. The third-order valence-corrected chi connectivity index (χ3v) is 2.92.